The van der Waals surface area contributed by atoms with Crippen molar-refractivity contribution in [2.75, 3.05) is 6.54 Å². The molecule has 0 radical (unpaired) electrons. The van der Waals surface area contributed by atoms with E-state index in [0.717, 1.165) is 28.3 Å². The topological polar surface area (TPSA) is 53.9 Å². The van der Waals surface area contributed by atoms with Gasteiger partial charge in [-0.15, -0.1) is 0 Å². The summed E-state index contributed by atoms with van der Waals surface area (Å²) in [5.41, 5.74) is 1.92. The van der Waals surface area contributed by atoms with Gasteiger partial charge in [0.2, 0.25) is 0 Å². The van der Waals surface area contributed by atoms with Crippen LogP contribution in [-0.4, -0.2) is 26.0 Å². The minimum atomic E-state index is -0.100. The molecule has 3 heterocycles. The van der Waals surface area contributed by atoms with Crippen molar-refractivity contribution < 1.29 is 0 Å². The van der Waals surface area contributed by atoms with E-state index in [0.29, 0.717) is 29.3 Å². The van der Waals surface area contributed by atoms with Gasteiger partial charge in [-0.25, -0.2) is 4.98 Å². The zero-order valence-corrected chi connectivity index (χ0v) is 17.0. The molecule has 0 bridgehead atoms. The van der Waals surface area contributed by atoms with Crippen LogP contribution in [0.1, 0.15) is 30.4 Å². The number of hydrogen-bond acceptors (Lipinski definition) is 3. The first-order chi connectivity index (χ1) is 12.0. The molecule has 0 aliphatic carbocycles. The van der Waals surface area contributed by atoms with E-state index in [1.165, 1.54) is 5.69 Å². The lowest BCUT2D eigenvalue weighted by atomic mass is 10.1. The highest BCUT2D eigenvalue weighted by Gasteiger charge is 2.28. The second kappa shape index (κ2) is 6.70. The maximum Gasteiger partial charge on any atom is 0.258 e. The van der Waals surface area contributed by atoms with Crippen molar-refractivity contribution in [3.05, 3.63) is 61.3 Å². The van der Waals surface area contributed by atoms with E-state index in [2.05, 4.69) is 71.7 Å². The molecule has 7 heteroatoms. The molecule has 1 N–H and O–H groups in total. The lowest BCUT2D eigenvalue weighted by molar-refractivity contribution is 0.235. The van der Waals surface area contributed by atoms with Crippen LogP contribution in [0.5, 0.6) is 0 Å². The van der Waals surface area contributed by atoms with Crippen LogP contribution in [0.25, 0.3) is 10.9 Å². The van der Waals surface area contributed by atoms with Gasteiger partial charge in [-0.1, -0.05) is 15.9 Å². The van der Waals surface area contributed by atoms with Crippen LogP contribution in [0.4, 0.5) is 0 Å². The van der Waals surface area contributed by atoms with Gasteiger partial charge in [-0.05, 0) is 59.6 Å². The van der Waals surface area contributed by atoms with Crippen molar-refractivity contribution in [1.29, 1.82) is 0 Å². The third-order valence-electron chi connectivity index (χ3n) is 4.82. The number of nitrogens with one attached hydrogen (secondary N) is 1. The number of rotatable bonds is 3. The van der Waals surface area contributed by atoms with Crippen molar-refractivity contribution in [3.8, 4) is 0 Å². The molecule has 1 aromatic carbocycles. The zero-order valence-electron chi connectivity index (χ0n) is 13.8. The summed E-state index contributed by atoms with van der Waals surface area (Å²) in [6.45, 7) is 1.66. The molecule has 0 saturated carbocycles. The van der Waals surface area contributed by atoms with Crippen LogP contribution < -0.4 is 5.56 Å². The van der Waals surface area contributed by atoms with Crippen molar-refractivity contribution in [1.82, 2.24) is 19.4 Å². The summed E-state index contributed by atoms with van der Waals surface area (Å²) in [7, 11) is 2.08. The number of aryl methyl sites for hydroxylation is 1. The SMILES string of the molecule is Cn1cccc1C1CCCN1Cc1nc2c(Br)cc(Br)cc2c(=O)[nH]1. The molecule has 1 saturated heterocycles. The summed E-state index contributed by atoms with van der Waals surface area (Å²) >= 11 is 6.94. The number of benzene rings is 1. The lowest BCUT2D eigenvalue weighted by Crippen LogP contribution is -2.26. The van der Waals surface area contributed by atoms with E-state index in [-0.39, 0.29) is 5.56 Å². The van der Waals surface area contributed by atoms with Crippen molar-refractivity contribution in [2.24, 2.45) is 7.05 Å². The molecule has 4 rings (SSSR count). The summed E-state index contributed by atoms with van der Waals surface area (Å²) in [5.74, 6) is 0.710. The second-order valence-corrected chi connectivity index (χ2v) is 8.24. The maximum absolute atomic E-state index is 12.5. The minimum absolute atomic E-state index is 0.100. The average molecular weight is 466 g/mol. The zero-order chi connectivity index (χ0) is 17.6. The predicted octanol–water partition coefficient (Wildman–Crippen LogP) is 4.12. The van der Waals surface area contributed by atoms with Gasteiger partial charge in [0, 0.05) is 27.9 Å². The third-order valence-corrected chi connectivity index (χ3v) is 5.88. The van der Waals surface area contributed by atoms with E-state index in [1.54, 1.807) is 6.07 Å². The molecule has 1 aliphatic rings. The van der Waals surface area contributed by atoms with Gasteiger partial charge in [-0.2, -0.15) is 0 Å². The van der Waals surface area contributed by atoms with E-state index >= 15 is 0 Å². The first kappa shape index (κ1) is 17.0. The van der Waals surface area contributed by atoms with Crippen LogP contribution in [-0.2, 0) is 13.6 Å². The van der Waals surface area contributed by atoms with Crippen LogP contribution in [0.2, 0.25) is 0 Å². The standard InChI is InChI=1S/C18H18Br2N4O/c1-23-6-2-4-14(23)15-5-3-7-24(15)10-16-21-17-12(18(25)22-16)8-11(19)9-13(17)20/h2,4,6,8-9,15H,3,5,7,10H2,1H3,(H,21,22,25). The molecule has 1 fully saturated rings. The summed E-state index contributed by atoms with van der Waals surface area (Å²) in [6, 6.07) is 8.35. The molecule has 25 heavy (non-hydrogen) atoms. The molecule has 0 amide bonds. The van der Waals surface area contributed by atoms with Gasteiger partial charge in [0.1, 0.15) is 5.82 Å². The van der Waals surface area contributed by atoms with Gasteiger partial charge >= 0.3 is 0 Å². The molecule has 3 aromatic rings. The molecule has 1 aliphatic heterocycles. The number of likely N-dealkylation sites (tertiary alicyclic amines) is 1. The number of halogens is 2. The summed E-state index contributed by atoms with van der Waals surface area (Å²) in [6.07, 6.45) is 4.37. The number of H-pyrrole nitrogens is 1. The molecule has 0 spiro atoms. The van der Waals surface area contributed by atoms with Crippen molar-refractivity contribution >= 4 is 42.8 Å². The summed E-state index contributed by atoms with van der Waals surface area (Å²) in [4.78, 5) is 22.5. The fourth-order valence-corrected chi connectivity index (χ4v) is 4.97. The Morgan fingerprint density at radius 1 is 1.36 bits per heavy atom. The molecular weight excluding hydrogens is 448 g/mol. The molecule has 1 atom stereocenters. The fourth-order valence-electron chi connectivity index (χ4n) is 3.65. The van der Waals surface area contributed by atoms with Crippen LogP contribution in [0, 0.1) is 0 Å². The fraction of sp³-hybridized carbons (Fsp3) is 0.333. The highest BCUT2D eigenvalue weighted by molar-refractivity contribution is 9.11. The van der Waals surface area contributed by atoms with Crippen molar-refractivity contribution in [3.63, 3.8) is 0 Å². The van der Waals surface area contributed by atoms with Gasteiger partial charge in [0.25, 0.3) is 5.56 Å². The van der Waals surface area contributed by atoms with E-state index in [4.69, 9.17) is 4.98 Å². The number of nitrogens with zero attached hydrogens (tertiary/aromatic N) is 3. The monoisotopic (exact) mass is 464 g/mol. The molecule has 1 unspecified atom stereocenters. The Bertz CT molecular complexity index is 994. The highest BCUT2D eigenvalue weighted by atomic mass is 79.9. The Kier molecular flexibility index (Phi) is 4.56. The van der Waals surface area contributed by atoms with Crippen LogP contribution >= 0.6 is 31.9 Å². The Hall–Kier alpha value is -1.44. The first-order valence-corrected chi connectivity index (χ1v) is 9.85. The molecule has 130 valence electrons. The van der Waals surface area contributed by atoms with Crippen LogP contribution in [0.3, 0.4) is 0 Å². The van der Waals surface area contributed by atoms with E-state index < -0.39 is 0 Å². The van der Waals surface area contributed by atoms with E-state index in [9.17, 15) is 4.79 Å². The van der Waals surface area contributed by atoms with Gasteiger partial charge in [0.05, 0.1) is 23.5 Å². The smallest absolute Gasteiger partial charge is 0.258 e. The Labute approximate surface area is 162 Å². The molecule has 2 aromatic heterocycles. The normalized spacial score (nSPS) is 18.3. The first-order valence-electron chi connectivity index (χ1n) is 8.26. The summed E-state index contributed by atoms with van der Waals surface area (Å²) in [5, 5.41) is 0.588. The maximum atomic E-state index is 12.5. The second-order valence-electron chi connectivity index (χ2n) is 6.47. The number of aromatic nitrogens is 3. The highest BCUT2D eigenvalue weighted by Crippen LogP contribution is 2.33. The number of fused-ring (bicyclic) bond motifs is 1. The molecule has 5 nitrogen and oxygen atoms in total. The van der Waals surface area contributed by atoms with Gasteiger partial charge in [-0.3, -0.25) is 9.69 Å². The lowest BCUT2D eigenvalue weighted by Gasteiger charge is -2.24. The van der Waals surface area contributed by atoms with Gasteiger partial charge < -0.3 is 9.55 Å². The Morgan fingerprint density at radius 2 is 2.20 bits per heavy atom. The average Bonchev–Trinajstić information content (AvgIpc) is 3.17. The Balaban J connectivity index is 1.69. The number of hydrogen-bond donors (Lipinski definition) is 1. The minimum Gasteiger partial charge on any atom is -0.353 e. The van der Waals surface area contributed by atoms with Gasteiger partial charge in [0.15, 0.2) is 0 Å². The quantitative estimate of drug-likeness (QED) is 0.632. The largest absolute Gasteiger partial charge is 0.353 e. The number of aromatic amines is 1. The molecular formula is C18H18Br2N4O. The van der Waals surface area contributed by atoms with E-state index in [1.807, 2.05) is 6.07 Å². The van der Waals surface area contributed by atoms with Crippen LogP contribution in [0.15, 0.2) is 44.2 Å². The predicted molar refractivity (Wildman–Crippen MR) is 106 cm³/mol. The summed E-state index contributed by atoms with van der Waals surface area (Å²) < 4.78 is 3.85. The van der Waals surface area contributed by atoms with Crippen molar-refractivity contribution in [2.45, 2.75) is 25.4 Å². The third kappa shape index (κ3) is 3.20. The Morgan fingerprint density at radius 3 is 2.96 bits per heavy atom.